The molecule has 1 amide bonds. The van der Waals surface area contributed by atoms with Crippen LogP contribution in [0.25, 0.3) is 0 Å². The van der Waals surface area contributed by atoms with Crippen LogP contribution >= 0.6 is 0 Å². The number of rotatable bonds is 10. The number of para-hydroxylation sites is 1. The van der Waals surface area contributed by atoms with Gasteiger partial charge in [0.25, 0.3) is 0 Å². The Labute approximate surface area is 294 Å². The number of piperazine rings is 1. The van der Waals surface area contributed by atoms with E-state index in [4.69, 9.17) is 28.9 Å². The molecule has 2 aromatic heterocycles. The van der Waals surface area contributed by atoms with Crippen LogP contribution in [0, 0.1) is 13.8 Å². The standard InChI is InChI=1S/C38H47N7O5/c1-26-8-7-9-27(2)37(26)50-38(46)45(31-11-10-30(47-4)23-33(31)49-6)35-12-15-39-34(41-35)22-28-25-40-36(24-32(28)48-5)44-16-13-29(14-17-44)43-20-18-42(3)19-21-43/h7-12,15,23-25,29H,13-14,16-22H2,1-6H3. The third kappa shape index (κ3) is 7.76. The van der Waals surface area contributed by atoms with Crippen molar-refractivity contribution in [2.45, 2.75) is 39.2 Å². The van der Waals surface area contributed by atoms with Crippen molar-refractivity contribution in [3.63, 3.8) is 0 Å². The van der Waals surface area contributed by atoms with Gasteiger partial charge >= 0.3 is 6.09 Å². The lowest BCUT2D eigenvalue weighted by atomic mass is 10.0. The molecule has 264 valence electrons. The van der Waals surface area contributed by atoms with Crippen molar-refractivity contribution >= 4 is 23.4 Å². The minimum absolute atomic E-state index is 0.321. The van der Waals surface area contributed by atoms with E-state index >= 15 is 0 Å². The average Bonchev–Trinajstić information content (AvgIpc) is 3.14. The number of hydrogen-bond acceptors (Lipinski definition) is 11. The Balaban J connectivity index is 1.23. The Morgan fingerprint density at radius 2 is 1.58 bits per heavy atom. The average molecular weight is 682 g/mol. The number of nitrogens with zero attached hydrogens (tertiary/aromatic N) is 7. The van der Waals surface area contributed by atoms with Gasteiger partial charge in [0, 0.05) is 81.8 Å². The Morgan fingerprint density at radius 3 is 2.26 bits per heavy atom. The van der Waals surface area contributed by atoms with E-state index in [1.165, 1.54) is 12.0 Å². The number of anilines is 3. The Hall–Kier alpha value is -4.94. The van der Waals surface area contributed by atoms with E-state index in [0.717, 1.165) is 74.6 Å². The summed E-state index contributed by atoms with van der Waals surface area (Å²) in [4.78, 5) is 37.1. The minimum Gasteiger partial charge on any atom is -0.497 e. The number of ether oxygens (including phenoxy) is 4. The van der Waals surface area contributed by atoms with Crippen molar-refractivity contribution in [1.82, 2.24) is 24.8 Å². The number of carbonyl (C=O) groups excluding carboxylic acids is 1. The topological polar surface area (TPSA) is 106 Å². The van der Waals surface area contributed by atoms with Gasteiger partial charge < -0.3 is 28.7 Å². The molecule has 2 aliphatic heterocycles. The highest BCUT2D eigenvalue weighted by atomic mass is 16.6. The molecule has 6 rings (SSSR count). The summed E-state index contributed by atoms with van der Waals surface area (Å²) in [6, 6.07) is 15.2. The van der Waals surface area contributed by atoms with Crippen molar-refractivity contribution in [2.24, 2.45) is 0 Å². The predicted molar refractivity (Wildman–Crippen MR) is 194 cm³/mol. The zero-order valence-electron chi connectivity index (χ0n) is 29.9. The van der Waals surface area contributed by atoms with Crippen molar-refractivity contribution in [3.05, 3.63) is 83.4 Å². The van der Waals surface area contributed by atoms with Crippen molar-refractivity contribution in [1.29, 1.82) is 0 Å². The second-order valence-electron chi connectivity index (χ2n) is 12.9. The molecule has 50 heavy (non-hydrogen) atoms. The maximum atomic E-state index is 14.0. The van der Waals surface area contributed by atoms with Gasteiger partial charge in [0.1, 0.15) is 40.5 Å². The van der Waals surface area contributed by atoms with Crippen LogP contribution in [-0.4, -0.2) is 105 Å². The number of piperidine rings is 1. The second kappa shape index (κ2) is 15.7. The van der Waals surface area contributed by atoms with Gasteiger partial charge in [0.05, 0.1) is 27.0 Å². The lowest BCUT2D eigenvalue weighted by Crippen LogP contribution is -2.52. The van der Waals surface area contributed by atoms with Gasteiger partial charge in [-0.25, -0.2) is 24.6 Å². The van der Waals surface area contributed by atoms with E-state index in [0.29, 0.717) is 52.8 Å². The van der Waals surface area contributed by atoms with Gasteiger partial charge in [-0.15, -0.1) is 0 Å². The molecule has 12 heteroatoms. The third-order valence-electron chi connectivity index (χ3n) is 9.67. The second-order valence-corrected chi connectivity index (χ2v) is 12.9. The van der Waals surface area contributed by atoms with E-state index in [1.54, 1.807) is 44.7 Å². The molecule has 2 aliphatic rings. The van der Waals surface area contributed by atoms with E-state index in [1.807, 2.05) is 44.3 Å². The first kappa shape index (κ1) is 34.9. The lowest BCUT2D eigenvalue weighted by molar-refractivity contribution is 0.0981. The van der Waals surface area contributed by atoms with Gasteiger partial charge in [0.15, 0.2) is 0 Å². The summed E-state index contributed by atoms with van der Waals surface area (Å²) < 4.78 is 23.0. The first-order valence-electron chi connectivity index (χ1n) is 17.1. The molecule has 4 heterocycles. The molecule has 0 aliphatic carbocycles. The fraction of sp³-hybridized carbons (Fsp3) is 0.421. The van der Waals surface area contributed by atoms with Crippen LogP contribution in [0.1, 0.15) is 35.4 Å². The summed E-state index contributed by atoms with van der Waals surface area (Å²) in [5.74, 6) is 3.92. The zero-order chi connectivity index (χ0) is 35.2. The molecule has 2 fully saturated rings. The maximum absolute atomic E-state index is 14.0. The van der Waals surface area contributed by atoms with E-state index in [2.05, 4.69) is 26.7 Å². The fourth-order valence-corrected chi connectivity index (χ4v) is 6.74. The van der Waals surface area contributed by atoms with Crippen LogP contribution in [0.2, 0.25) is 0 Å². The first-order valence-corrected chi connectivity index (χ1v) is 17.1. The summed E-state index contributed by atoms with van der Waals surface area (Å²) >= 11 is 0. The van der Waals surface area contributed by atoms with Crippen molar-refractivity contribution < 1.29 is 23.7 Å². The van der Waals surface area contributed by atoms with Gasteiger partial charge in [-0.1, -0.05) is 18.2 Å². The number of carbonyl (C=O) groups is 1. The SMILES string of the molecule is COc1ccc(N(C(=O)Oc2c(C)cccc2C)c2ccnc(Cc3cnc(N4CCC(N5CCN(C)CC5)CC4)cc3OC)n2)c(OC)c1. The lowest BCUT2D eigenvalue weighted by Gasteiger charge is -2.42. The number of aryl methyl sites for hydroxylation is 2. The number of methoxy groups -OCH3 is 3. The Kier molecular flexibility index (Phi) is 11.0. The highest BCUT2D eigenvalue weighted by Gasteiger charge is 2.29. The molecule has 0 saturated carbocycles. The normalized spacial score (nSPS) is 15.8. The molecular formula is C38H47N7O5. The maximum Gasteiger partial charge on any atom is 0.425 e. The largest absolute Gasteiger partial charge is 0.497 e. The smallest absolute Gasteiger partial charge is 0.425 e. The summed E-state index contributed by atoms with van der Waals surface area (Å²) in [5.41, 5.74) is 2.96. The molecule has 0 unspecified atom stereocenters. The van der Waals surface area contributed by atoms with Crippen molar-refractivity contribution in [3.8, 4) is 23.0 Å². The summed E-state index contributed by atoms with van der Waals surface area (Å²) in [6.07, 6.45) is 5.42. The summed E-state index contributed by atoms with van der Waals surface area (Å²) in [5, 5.41) is 0. The number of benzene rings is 2. The predicted octanol–water partition coefficient (Wildman–Crippen LogP) is 5.66. The van der Waals surface area contributed by atoms with Crippen molar-refractivity contribution in [2.75, 3.05) is 77.4 Å². The monoisotopic (exact) mass is 681 g/mol. The minimum atomic E-state index is -0.643. The van der Waals surface area contributed by atoms with Crippen LogP contribution in [0.5, 0.6) is 23.0 Å². The van der Waals surface area contributed by atoms with Crippen LogP contribution in [0.3, 0.4) is 0 Å². The molecule has 0 atom stereocenters. The first-order chi connectivity index (χ1) is 24.3. The Bertz CT molecular complexity index is 1770. The van der Waals surface area contributed by atoms with E-state index < -0.39 is 6.09 Å². The summed E-state index contributed by atoms with van der Waals surface area (Å²) in [6.45, 7) is 10.3. The molecule has 12 nitrogen and oxygen atoms in total. The highest BCUT2D eigenvalue weighted by molar-refractivity contribution is 5.98. The van der Waals surface area contributed by atoms with Crippen LogP contribution in [0.15, 0.2) is 60.9 Å². The van der Waals surface area contributed by atoms with Crippen LogP contribution in [0.4, 0.5) is 22.1 Å². The number of amides is 1. The number of pyridine rings is 1. The van der Waals surface area contributed by atoms with Gasteiger partial charge in [-0.2, -0.15) is 0 Å². The zero-order valence-corrected chi connectivity index (χ0v) is 29.9. The highest BCUT2D eigenvalue weighted by Crippen LogP contribution is 2.37. The number of aromatic nitrogens is 3. The van der Waals surface area contributed by atoms with Gasteiger partial charge in [0.2, 0.25) is 0 Å². The molecule has 0 bridgehead atoms. The van der Waals surface area contributed by atoms with Crippen LogP contribution < -0.4 is 28.7 Å². The molecule has 2 saturated heterocycles. The fourth-order valence-electron chi connectivity index (χ4n) is 6.74. The molecule has 0 N–H and O–H groups in total. The molecule has 0 spiro atoms. The molecule has 0 radical (unpaired) electrons. The number of hydrogen-bond donors (Lipinski definition) is 0. The molecule has 4 aromatic rings. The molecule has 2 aromatic carbocycles. The van der Waals surface area contributed by atoms with E-state index in [-0.39, 0.29) is 0 Å². The van der Waals surface area contributed by atoms with E-state index in [9.17, 15) is 4.79 Å². The van der Waals surface area contributed by atoms with Gasteiger partial charge in [-0.05, 0) is 63.1 Å². The summed E-state index contributed by atoms with van der Waals surface area (Å²) in [7, 11) is 6.98. The quantitative estimate of drug-likeness (QED) is 0.207. The third-order valence-corrected chi connectivity index (χ3v) is 9.67. The van der Waals surface area contributed by atoms with Gasteiger partial charge in [-0.3, -0.25) is 4.90 Å². The molecular weight excluding hydrogens is 634 g/mol. The number of likely N-dealkylation sites (N-methyl/N-ethyl adjacent to an activating group) is 1. The van der Waals surface area contributed by atoms with Crippen LogP contribution in [-0.2, 0) is 6.42 Å². The Morgan fingerprint density at radius 1 is 0.860 bits per heavy atom.